The van der Waals surface area contributed by atoms with Crippen molar-refractivity contribution < 1.29 is 9.59 Å². The molecule has 2 amide bonds. The number of aryl methyl sites for hydroxylation is 2. The van der Waals surface area contributed by atoms with Gasteiger partial charge in [0, 0.05) is 24.4 Å². The highest BCUT2D eigenvalue weighted by Gasteiger charge is 2.20. The minimum Gasteiger partial charge on any atom is -0.354 e. The molecule has 0 bridgehead atoms. The summed E-state index contributed by atoms with van der Waals surface area (Å²) in [4.78, 5) is 25.5. The summed E-state index contributed by atoms with van der Waals surface area (Å²) in [6.45, 7) is 3.93. The normalized spacial score (nSPS) is 11.6. The summed E-state index contributed by atoms with van der Waals surface area (Å²) < 4.78 is 1.75. The molecule has 4 aromatic rings. The van der Waals surface area contributed by atoms with Crippen molar-refractivity contribution in [3.8, 4) is 16.8 Å². The summed E-state index contributed by atoms with van der Waals surface area (Å²) in [5.41, 5.74) is 4.75. The van der Waals surface area contributed by atoms with Crippen molar-refractivity contribution >= 4 is 17.6 Å². The lowest BCUT2D eigenvalue weighted by atomic mass is 10.1. The van der Waals surface area contributed by atoms with Gasteiger partial charge < -0.3 is 10.6 Å². The quantitative estimate of drug-likeness (QED) is 0.306. The van der Waals surface area contributed by atoms with Crippen LogP contribution in [0, 0.1) is 6.92 Å². The number of carbonyl (C=O) groups is 2. The molecule has 0 aliphatic heterocycles. The van der Waals surface area contributed by atoms with Gasteiger partial charge in [0.15, 0.2) is 0 Å². The van der Waals surface area contributed by atoms with Gasteiger partial charge in [0.2, 0.25) is 11.8 Å². The van der Waals surface area contributed by atoms with Crippen LogP contribution < -0.4 is 10.6 Å². The average molecular weight is 481 g/mol. The second-order valence-electron chi connectivity index (χ2n) is 8.96. The number of hydrogen-bond donors (Lipinski definition) is 2. The van der Waals surface area contributed by atoms with Gasteiger partial charge in [-0.3, -0.25) is 9.59 Å². The van der Waals surface area contributed by atoms with Crippen molar-refractivity contribution in [3.63, 3.8) is 0 Å². The first-order valence-corrected chi connectivity index (χ1v) is 12.3. The summed E-state index contributed by atoms with van der Waals surface area (Å²) >= 11 is 0. The van der Waals surface area contributed by atoms with Crippen molar-refractivity contribution in [1.82, 2.24) is 15.1 Å². The molecule has 3 aromatic carbocycles. The predicted molar refractivity (Wildman–Crippen MR) is 144 cm³/mol. The number of benzene rings is 3. The number of amides is 2. The van der Waals surface area contributed by atoms with E-state index < -0.39 is 0 Å². The van der Waals surface area contributed by atoms with Crippen molar-refractivity contribution in [1.29, 1.82) is 0 Å². The van der Waals surface area contributed by atoms with Gasteiger partial charge in [0.25, 0.3) is 0 Å². The largest absolute Gasteiger partial charge is 0.354 e. The van der Waals surface area contributed by atoms with Crippen LogP contribution in [0.5, 0.6) is 0 Å². The maximum atomic E-state index is 13.0. The van der Waals surface area contributed by atoms with E-state index in [1.807, 2.05) is 92.7 Å². The highest BCUT2D eigenvalue weighted by atomic mass is 16.2. The van der Waals surface area contributed by atoms with E-state index in [-0.39, 0.29) is 30.7 Å². The first-order chi connectivity index (χ1) is 17.5. The van der Waals surface area contributed by atoms with Gasteiger partial charge in [-0.25, -0.2) is 4.68 Å². The van der Waals surface area contributed by atoms with E-state index in [9.17, 15) is 9.59 Å². The average Bonchev–Trinajstić information content (AvgIpc) is 3.23. The number of para-hydroxylation sites is 1. The smallest absolute Gasteiger partial charge is 0.226 e. The minimum atomic E-state index is -0.226. The monoisotopic (exact) mass is 480 g/mol. The first kappa shape index (κ1) is 24.9. The van der Waals surface area contributed by atoms with Gasteiger partial charge in [0.05, 0.1) is 11.4 Å². The van der Waals surface area contributed by atoms with Crippen molar-refractivity contribution in [3.05, 3.63) is 102 Å². The lowest BCUT2D eigenvalue weighted by Crippen LogP contribution is -2.33. The third kappa shape index (κ3) is 6.48. The summed E-state index contributed by atoms with van der Waals surface area (Å²) in [5.74, 6) is 0.254. The van der Waals surface area contributed by atoms with Gasteiger partial charge in [-0.1, -0.05) is 78.9 Å². The Hall–Kier alpha value is -4.19. The molecule has 2 N–H and O–H groups in total. The lowest BCUT2D eigenvalue weighted by molar-refractivity contribution is -0.124. The van der Waals surface area contributed by atoms with Crippen LogP contribution in [0.3, 0.4) is 0 Å². The fourth-order valence-corrected chi connectivity index (χ4v) is 4.22. The first-order valence-electron chi connectivity index (χ1n) is 12.3. The minimum absolute atomic E-state index is 0.0348. The molecule has 1 atom stereocenters. The lowest BCUT2D eigenvalue weighted by Gasteiger charge is -2.14. The summed E-state index contributed by atoms with van der Waals surface area (Å²) in [6.07, 6.45) is 1.96. The fourth-order valence-electron chi connectivity index (χ4n) is 4.22. The Morgan fingerprint density at radius 1 is 0.833 bits per heavy atom. The number of anilines is 1. The Morgan fingerprint density at radius 3 is 2.08 bits per heavy atom. The van der Waals surface area contributed by atoms with Gasteiger partial charge in [-0.15, -0.1) is 0 Å². The molecule has 0 saturated carbocycles. The molecule has 36 heavy (non-hydrogen) atoms. The highest BCUT2D eigenvalue weighted by molar-refractivity contribution is 5.97. The Labute approximate surface area is 212 Å². The molecule has 0 aliphatic carbocycles. The van der Waals surface area contributed by atoms with Gasteiger partial charge in [-0.05, 0) is 49.9 Å². The second-order valence-corrected chi connectivity index (χ2v) is 8.96. The van der Waals surface area contributed by atoms with Gasteiger partial charge >= 0.3 is 0 Å². The van der Waals surface area contributed by atoms with E-state index in [0.29, 0.717) is 5.82 Å². The molecular formula is C30H32N4O2. The number of rotatable bonds is 10. The molecule has 4 rings (SSSR count). The molecule has 0 spiro atoms. The molecular weight excluding hydrogens is 448 g/mol. The number of carbonyl (C=O) groups excluding carboxylic acids is 2. The molecule has 0 unspecified atom stereocenters. The van der Waals surface area contributed by atoms with Crippen LogP contribution in [-0.4, -0.2) is 27.6 Å². The molecule has 0 fully saturated rings. The van der Waals surface area contributed by atoms with Crippen LogP contribution in [0.2, 0.25) is 0 Å². The third-order valence-electron chi connectivity index (χ3n) is 6.08. The number of nitrogens with zero attached hydrogens (tertiary/aromatic N) is 2. The maximum Gasteiger partial charge on any atom is 0.226 e. The Kier molecular flexibility index (Phi) is 8.29. The van der Waals surface area contributed by atoms with Crippen LogP contribution in [-0.2, 0) is 16.0 Å². The fraction of sp³-hybridized carbons (Fsp3) is 0.233. The second kappa shape index (κ2) is 12.0. The Morgan fingerprint density at radius 2 is 1.42 bits per heavy atom. The standard InChI is InChI=1S/C30H32N4O2/c1-22(18-19-24-12-6-3-7-13-24)31-27(35)20-21-28(36)32-30-29(25-14-8-4-9-15-25)23(2)33-34(30)26-16-10-5-11-17-26/h3-17,22H,18-21H2,1-2H3,(H,31,35)(H,32,36)/t22-/m1/s1. The van der Waals surface area contributed by atoms with Crippen molar-refractivity contribution in [2.24, 2.45) is 0 Å². The van der Waals surface area contributed by atoms with Gasteiger partial charge in [0.1, 0.15) is 5.82 Å². The molecule has 0 radical (unpaired) electrons. The van der Waals surface area contributed by atoms with Crippen LogP contribution in [0.25, 0.3) is 16.8 Å². The molecule has 0 aliphatic rings. The summed E-state index contributed by atoms with van der Waals surface area (Å²) in [5, 5.41) is 10.8. The van der Waals surface area contributed by atoms with E-state index in [1.165, 1.54) is 5.56 Å². The van der Waals surface area contributed by atoms with Crippen LogP contribution in [0.15, 0.2) is 91.0 Å². The summed E-state index contributed by atoms with van der Waals surface area (Å²) in [7, 11) is 0. The Bertz CT molecular complexity index is 1280. The number of hydrogen-bond acceptors (Lipinski definition) is 3. The molecule has 0 saturated heterocycles. The van der Waals surface area contributed by atoms with Crippen molar-refractivity contribution in [2.75, 3.05) is 5.32 Å². The Balaban J connectivity index is 1.40. The van der Waals surface area contributed by atoms with E-state index in [4.69, 9.17) is 5.10 Å². The van der Waals surface area contributed by atoms with E-state index in [2.05, 4.69) is 22.8 Å². The zero-order valence-electron chi connectivity index (χ0n) is 20.8. The highest BCUT2D eigenvalue weighted by Crippen LogP contribution is 2.33. The molecule has 1 aromatic heterocycles. The number of nitrogens with one attached hydrogen (secondary N) is 2. The topological polar surface area (TPSA) is 76.0 Å². The predicted octanol–water partition coefficient (Wildman–Crippen LogP) is 5.70. The van der Waals surface area contributed by atoms with E-state index in [1.54, 1.807) is 4.68 Å². The maximum absolute atomic E-state index is 13.0. The molecule has 6 nitrogen and oxygen atoms in total. The molecule has 184 valence electrons. The SMILES string of the molecule is Cc1nn(-c2ccccc2)c(NC(=O)CCC(=O)N[C@H](C)CCc2ccccc2)c1-c1ccccc1. The third-order valence-corrected chi connectivity index (χ3v) is 6.08. The number of aromatic nitrogens is 2. The van der Waals surface area contributed by atoms with Crippen LogP contribution >= 0.6 is 0 Å². The van der Waals surface area contributed by atoms with Crippen LogP contribution in [0.1, 0.15) is 37.4 Å². The zero-order chi connectivity index (χ0) is 25.3. The summed E-state index contributed by atoms with van der Waals surface area (Å²) in [6, 6.07) is 29.8. The molecule has 6 heteroatoms. The van der Waals surface area contributed by atoms with Crippen molar-refractivity contribution in [2.45, 2.75) is 45.6 Å². The van der Waals surface area contributed by atoms with E-state index in [0.717, 1.165) is 35.3 Å². The van der Waals surface area contributed by atoms with Crippen LogP contribution in [0.4, 0.5) is 5.82 Å². The van der Waals surface area contributed by atoms with E-state index >= 15 is 0 Å². The van der Waals surface area contributed by atoms with Gasteiger partial charge in [-0.2, -0.15) is 5.10 Å². The molecule has 1 heterocycles. The zero-order valence-corrected chi connectivity index (χ0v) is 20.8.